The van der Waals surface area contributed by atoms with Gasteiger partial charge in [-0.3, -0.25) is 19.8 Å². The zero-order valence-electron chi connectivity index (χ0n) is 20.6. The predicted octanol–water partition coefficient (Wildman–Crippen LogP) is 2.94. The lowest BCUT2D eigenvalue weighted by atomic mass is 10.0. The number of rotatable bonds is 10. The molecule has 0 aliphatic carbocycles. The van der Waals surface area contributed by atoms with Crippen molar-refractivity contribution in [3.05, 3.63) is 93.2 Å². The maximum Gasteiger partial charge on any atom is 0.254 e. The van der Waals surface area contributed by atoms with Gasteiger partial charge in [0.1, 0.15) is 18.4 Å². The monoisotopic (exact) mass is 517 g/mol. The lowest BCUT2D eigenvalue weighted by Gasteiger charge is -2.27. The molecule has 1 saturated heterocycles. The van der Waals surface area contributed by atoms with Gasteiger partial charge in [0.05, 0.1) is 6.54 Å². The zero-order valence-corrected chi connectivity index (χ0v) is 21.4. The summed E-state index contributed by atoms with van der Waals surface area (Å²) < 4.78 is 0. The van der Waals surface area contributed by atoms with Crippen LogP contribution in [0.15, 0.2) is 66.0 Å². The van der Waals surface area contributed by atoms with Crippen LogP contribution in [-0.4, -0.2) is 52.5 Å². The molecule has 1 aliphatic rings. The number of hydrogen-bond donors (Lipinski definition) is 3. The molecule has 0 spiro atoms. The second-order valence-corrected chi connectivity index (χ2v) is 10.2. The topological polar surface area (TPSA) is 134 Å². The number of nitrogens with zero attached hydrogens (tertiary/aromatic N) is 2. The van der Waals surface area contributed by atoms with Crippen LogP contribution in [0.4, 0.5) is 0 Å². The Hall–Kier alpha value is -3.98. The van der Waals surface area contributed by atoms with Gasteiger partial charge < -0.3 is 21.3 Å². The fraction of sp³-hybridized carbons (Fsp3) is 0.286. The molecule has 0 bridgehead atoms. The van der Waals surface area contributed by atoms with E-state index in [4.69, 9.17) is 16.9 Å². The molecule has 1 atom stereocenters. The lowest BCUT2D eigenvalue weighted by Crippen LogP contribution is -2.48. The number of carbonyl (C=O) groups excluding carboxylic acids is 3. The molecule has 9 heteroatoms. The smallest absolute Gasteiger partial charge is 0.254 e. The highest BCUT2D eigenvalue weighted by Crippen LogP contribution is 2.21. The minimum absolute atomic E-state index is 0.0519. The third-order valence-corrected chi connectivity index (χ3v) is 7.49. The quantitative estimate of drug-likeness (QED) is 0.282. The van der Waals surface area contributed by atoms with Gasteiger partial charge in [-0.25, -0.2) is 0 Å². The standard InChI is InChI=1S/C28H31N5O3S/c29-26(30)22-15-23(37-18-22)16-32(17-25(34)33-14-4-7-24(33)27(31)35)28(36)21-12-10-20(11-13-21)9-8-19-5-2-1-3-6-19/h1-3,5-6,10-13,15,18,24H,4,7-9,14,16-17H2,(H3,29,30)(H2,31,35). The van der Waals surface area contributed by atoms with Gasteiger partial charge in [-0.15, -0.1) is 11.3 Å². The van der Waals surface area contributed by atoms with Gasteiger partial charge in [-0.05, 0) is 55.0 Å². The normalized spacial score (nSPS) is 14.9. The summed E-state index contributed by atoms with van der Waals surface area (Å²) in [6.07, 6.45) is 2.99. The van der Waals surface area contributed by atoms with Crippen molar-refractivity contribution in [3.8, 4) is 0 Å². The minimum Gasteiger partial charge on any atom is -0.384 e. The first-order chi connectivity index (χ1) is 17.8. The molecule has 192 valence electrons. The van der Waals surface area contributed by atoms with Crippen LogP contribution >= 0.6 is 11.3 Å². The average molecular weight is 518 g/mol. The maximum absolute atomic E-state index is 13.5. The second-order valence-electron chi connectivity index (χ2n) is 9.21. The van der Waals surface area contributed by atoms with Crippen molar-refractivity contribution in [1.82, 2.24) is 9.80 Å². The Morgan fingerprint density at radius 3 is 2.27 bits per heavy atom. The molecule has 3 amide bonds. The zero-order chi connectivity index (χ0) is 26.4. The van der Waals surface area contributed by atoms with E-state index in [2.05, 4.69) is 12.1 Å². The predicted molar refractivity (Wildman–Crippen MR) is 144 cm³/mol. The Labute approximate surface area is 220 Å². The summed E-state index contributed by atoms with van der Waals surface area (Å²) in [5.41, 5.74) is 14.5. The average Bonchev–Trinajstić information content (AvgIpc) is 3.58. The van der Waals surface area contributed by atoms with Crippen molar-refractivity contribution in [2.24, 2.45) is 11.5 Å². The summed E-state index contributed by atoms with van der Waals surface area (Å²) in [5.74, 6) is -1.17. The number of hydrogen-bond acceptors (Lipinski definition) is 5. The fourth-order valence-corrected chi connectivity index (χ4v) is 5.44. The van der Waals surface area contributed by atoms with Gasteiger partial charge in [0.2, 0.25) is 11.8 Å². The molecule has 0 saturated carbocycles. The van der Waals surface area contributed by atoms with E-state index >= 15 is 0 Å². The molecule has 0 radical (unpaired) electrons. The van der Waals surface area contributed by atoms with Crippen LogP contribution in [0.2, 0.25) is 0 Å². The summed E-state index contributed by atoms with van der Waals surface area (Å²) >= 11 is 1.38. The van der Waals surface area contributed by atoms with E-state index in [0.717, 1.165) is 23.3 Å². The van der Waals surface area contributed by atoms with E-state index in [1.54, 1.807) is 23.6 Å². The van der Waals surface area contributed by atoms with E-state index in [0.29, 0.717) is 30.5 Å². The first-order valence-corrected chi connectivity index (χ1v) is 13.1. The number of aryl methyl sites for hydroxylation is 2. The summed E-state index contributed by atoms with van der Waals surface area (Å²) in [6, 6.07) is 18.8. The van der Waals surface area contributed by atoms with Gasteiger partial charge in [-0.2, -0.15) is 0 Å². The molecule has 1 aliphatic heterocycles. The number of benzene rings is 2. The molecule has 5 N–H and O–H groups in total. The Morgan fingerprint density at radius 1 is 0.973 bits per heavy atom. The molecule has 37 heavy (non-hydrogen) atoms. The highest BCUT2D eigenvalue weighted by Gasteiger charge is 2.34. The molecule has 8 nitrogen and oxygen atoms in total. The Kier molecular flexibility index (Phi) is 8.35. The lowest BCUT2D eigenvalue weighted by molar-refractivity contribution is -0.137. The Bertz CT molecular complexity index is 1270. The number of amidine groups is 1. The number of thiophene rings is 1. The van der Waals surface area contributed by atoms with Crippen LogP contribution in [0.1, 0.15) is 44.8 Å². The molecule has 2 heterocycles. The van der Waals surface area contributed by atoms with Crippen LogP contribution in [0, 0.1) is 5.41 Å². The third-order valence-electron chi connectivity index (χ3n) is 6.57. The number of primary amides is 1. The SMILES string of the molecule is N=C(N)c1csc(CN(CC(=O)N2CCCC2C(N)=O)C(=O)c2ccc(CCc3ccccc3)cc2)c1. The van der Waals surface area contributed by atoms with Crippen LogP contribution in [0.3, 0.4) is 0 Å². The molecule has 1 unspecified atom stereocenters. The van der Waals surface area contributed by atoms with Gasteiger partial charge in [-0.1, -0.05) is 42.5 Å². The maximum atomic E-state index is 13.5. The molecular formula is C28H31N5O3S. The first-order valence-electron chi connectivity index (χ1n) is 12.2. The van der Waals surface area contributed by atoms with Crippen molar-refractivity contribution in [2.45, 2.75) is 38.3 Å². The first kappa shape index (κ1) is 26.1. The number of nitrogens with one attached hydrogen (secondary N) is 1. The summed E-state index contributed by atoms with van der Waals surface area (Å²) in [7, 11) is 0. The summed E-state index contributed by atoms with van der Waals surface area (Å²) in [4.78, 5) is 42.3. The van der Waals surface area contributed by atoms with Gasteiger partial charge in [0.25, 0.3) is 5.91 Å². The number of nitrogens with two attached hydrogens (primary N) is 2. The number of likely N-dealkylation sites (tertiary alicyclic amines) is 1. The van der Waals surface area contributed by atoms with E-state index < -0.39 is 11.9 Å². The van der Waals surface area contributed by atoms with Gasteiger partial charge in [0, 0.05) is 27.9 Å². The van der Waals surface area contributed by atoms with E-state index in [1.807, 2.05) is 30.3 Å². The largest absolute Gasteiger partial charge is 0.384 e. The van der Waals surface area contributed by atoms with E-state index in [-0.39, 0.29) is 30.7 Å². The highest BCUT2D eigenvalue weighted by molar-refractivity contribution is 7.10. The molecule has 4 rings (SSSR count). The van der Waals surface area contributed by atoms with Crippen molar-refractivity contribution in [3.63, 3.8) is 0 Å². The number of amides is 3. The fourth-order valence-electron chi connectivity index (χ4n) is 4.54. The van der Waals surface area contributed by atoms with Crippen LogP contribution < -0.4 is 11.5 Å². The number of nitrogen functional groups attached to an aromatic ring is 1. The van der Waals surface area contributed by atoms with Crippen LogP contribution in [0.5, 0.6) is 0 Å². The molecule has 1 fully saturated rings. The molecule has 1 aromatic heterocycles. The van der Waals surface area contributed by atoms with Crippen molar-refractivity contribution in [1.29, 1.82) is 5.41 Å². The van der Waals surface area contributed by atoms with Crippen molar-refractivity contribution in [2.75, 3.05) is 13.1 Å². The van der Waals surface area contributed by atoms with Crippen LogP contribution in [-0.2, 0) is 29.0 Å². The summed E-state index contributed by atoms with van der Waals surface area (Å²) in [6.45, 7) is 0.455. The number of carbonyl (C=O) groups is 3. The summed E-state index contributed by atoms with van der Waals surface area (Å²) in [5, 5.41) is 9.40. The van der Waals surface area contributed by atoms with E-state index in [1.165, 1.54) is 26.7 Å². The molecule has 2 aromatic carbocycles. The molecular weight excluding hydrogens is 486 g/mol. The Balaban J connectivity index is 1.49. The van der Waals surface area contributed by atoms with Crippen molar-refractivity contribution < 1.29 is 14.4 Å². The highest BCUT2D eigenvalue weighted by atomic mass is 32.1. The van der Waals surface area contributed by atoms with Crippen LogP contribution in [0.25, 0.3) is 0 Å². The van der Waals surface area contributed by atoms with Gasteiger partial charge >= 0.3 is 0 Å². The van der Waals surface area contributed by atoms with E-state index in [9.17, 15) is 14.4 Å². The van der Waals surface area contributed by atoms with Gasteiger partial charge in [0.15, 0.2) is 0 Å². The Morgan fingerprint density at radius 2 is 1.65 bits per heavy atom. The minimum atomic E-state index is -0.639. The van der Waals surface area contributed by atoms with Crippen molar-refractivity contribution >= 4 is 34.9 Å². The third kappa shape index (κ3) is 6.62. The molecule has 3 aromatic rings. The second kappa shape index (κ2) is 11.8.